The molecule has 0 aromatic carbocycles. The minimum atomic E-state index is -0.605. The van der Waals surface area contributed by atoms with E-state index in [1.165, 1.54) is 0 Å². The number of nitrogens with zero attached hydrogens (tertiary/aromatic N) is 3. The highest BCUT2D eigenvalue weighted by Gasteiger charge is 1.99. The number of ether oxygens (including phenoxy) is 1. The molecule has 0 bridgehead atoms. The summed E-state index contributed by atoms with van der Waals surface area (Å²) >= 11 is 0. The first-order valence-corrected chi connectivity index (χ1v) is 4.34. The standard InChI is InChI=1S/C10H8FN3O/c11-9-4-10(14-7-13-9)15-6-8-2-1-3-12-5-8/h1-5,7H,6H2. The van der Waals surface area contributed by atoms with Crippen molar-refractivity contribution in [2.75, 3.05) is 0 Å². The van der Waals surface area contributed by atoms with Crippen molar-refractivity contribution < 1.29 is 9.13 Å². The molecule has 0 unspecified atom stereocenters. The van der Waals surface area contributed by atoms with Crippen LogP contribution in [0.5, 0.6) is 5.88 Å². The van der Waals surface area contributed by atoms with Gasteiger partial charge < -0.3 is 4.74 Å². The normalized spacial score (nSPS) is 9.93. The predicted octanol–water partition coefficient (Wildman–Crippen LogP) is 1.59. The highest BCUT2D eigenvalue weighted by molar-refractivity contribution is 5.10. The second-order valence-electron chi connectivity index (χ2n) is 2.83. The van der Waals surface area contributed by atoms with Crippen molar-refractivity contribution in [1.29, 1.82) is 0 Å². The summed E-state index contributed by atoms with van der Waals surface area (Å²) in [7, 11) is 0. The minimum Gasteiger partial charge on any atom is -0.473 e. The van der Waals surface area contributed by atoms with Gasteiger partial charge >= 0.3 is 0 Å². The Hall–Kier alpha value is -2.04. The summed E-state index contributed by atoms with van der Waals surface area (Å²) in [6.45, 7) is 0.310. The third-order valence-electron chi connectivity index (χ3n) is 1.72. The fraction of sp³-hybridized carbons (Fsp3) is 0.100. The van der Waals surface area contributed by atoms with Crippen LogP contribution in [0.1, 0.15) is 5.56 Å². The first-order valence-electron chi connectivity index (χ1n) is 4.34. The van der Waals surface area contributed by atoms with Crippen LogP contribution in [0.3, 0.4) is 0 Å². The van der Waals surface area contributed by atoms with Gasteiger partial charge in [-0.15, -0.1) is 0 Å². The van der Waals surface area contributed by atoms with Crippen LogP contribution in [0.25, 0.3) is 0 Å². The van der Waals surface area contributed by atoms with Crippen molar-refractivity contribution in [1.82, 2.24) is 15.0 Å². The summed E-state index contributed by atoms with van der Waals surface area (Å²) in [5.41, 5.74) is 0.900. The van der Waals surface area contributed by atoms with Gasteiger partial charge in [0.1, 0.15) is 12.9 Å². The summed E-state index contributed by atoms with van der Waals surface area (Å²) in [4.78, 5) is 11.0. The molecule has 2 aromatic heterocycles. The maximum Gasteiger partial charge on any atom is 0.219 e. The van der Waals surface area contributed by atoms with E-state index in [9.17, 15) is 4.39 Å². The molecule has 0 radical (unpaired) electrons. The van der Waals surface area contributed by atoms with Gasteiger partial charge in [0, 0.05) is 18.0 Å². The molecule has 5 heteroatoms. The summed E-state index contributed by atoms with van der Waals surface area (Å²) in [6.07, 6.45) is 4.47. The van der Waals surface area contributed by atoms with E-state index in [1.54, 1.807) is 18.5 Å². The molecule has 0 saturated carbocycles. The monoisotopic (exact) mass is 205 g/mol. The molecule has 15 heavy (non-hydrogen) atoms. The quantitative estimate of drug-likeness (QED) is 0.714. The van der Waals surface area contributed by atoms with Gasteiger partial charge in [-0.05, 0) is 6.07 Å². The zero-order chi connectivity index (χ0) is 10.5. The van der Waals surface area contributed by atoms with E-state index >= 15 is 0 Å². The summed E-state index contributed by atoms with van der Waals surface area (Å²) in [6, 6.07) is 4.81. The van der Waals surface area contributed by atoms with E-state index in [1.807, 2.05) is 6.07 Å². The van der Waals surface area contributed by atoms with Crippen LogP contribution in [0.2, 0.25) is 0 Å². The third kappa shape index (κ3) is 2.70. The van der Waals surface area contributed by atoms with E-state index in [2.05, 4.69) is 15.0 Å². The number of aromatic nitrogens is 3. The first kappa shape index (κ1) is 9.51. The van der Waals surface area contributed by atoms with Gasteiger partial charge in [-0.2, -0.15) is 4.39 Å². The molecule has 0 aliphatic carbocycles. The lowest BCUT2D eigenvalue weighted by molar-refractivity contribution is 0.290. The second-order valence-corrected chi connectivity index (χ2v) is 2.83. The zero-order valence-corrected chi connectivity index (χ0v) is 7.80. The van der Waals surface area contributed by atoms with Crippen LogP contribution in [0.15, 0.2) is 36.9 Å². The molecule has 76 valence electrons. The predicted molar refractivity (Wildman–Crippen MR) is 50.6 cm³/mol. The van der Waals surface area contributed by atoms with Crippen LogP contribution in [0.4, 0.5) is 4.39 Å². The number of pyridine rings is 1. The molecule has 0 fully saturated rings. The Balaban J connectivity index is 1.99. The molecule has 0 atom stereocenters. The van der Waals surface area contributed by atoms with Crippen molar-refractivity contribution >= 4 is 0 Å². The smallest absolute Gasteiger partial charge is 0.219 e. The Morgan fingerprint density at radius 3 is 3.00 bits per heavy atom. The van der Waals surface area contributed by atoms with Crippen LogP contribution >= 0.6 is 0 Å². The molecule has 0 aliphatic rings. The summed E-state index contributed by atoms with van der Waals surface area (Å²) < 4.78 is 17.9. The molecule has 0 spiro atoms. The van der Waals surface area contributed by atoms with Gasteiger partial charge in [-0.3, -0.25) is 4.98 Å². The van der Waals surface area contributed by atoms with E-state index in [0.29, 0.717) is 6.61 Å². The number of hydrogen-bond acceptors (Lipinski definition) is 4. The van der Waals surface area contributed by atoms with Crippen LogP contribution in [-0.4, -0.2) is 15.0 Å². The minimum absolute atomic E-state index is 0.214. The first-order chi connectivity index (χ1) is 7.34. The zero-order valence-electron chi connectivity index (χ0n) is 7.80. The van der Waals surface area contributed by atoms with Gasteiger partial charge in [0.2, 0.25) is 11.8 Å². The average molecular weight is 205 g/mol. The lowest BCUT2D eigenvalue weighted by atomic mass is 10.3. The average Bonchev–Trinajstić information content (AvgIpc) is 2.28. The summed E-state index contributed by atoms with van der Waals surface area (Å²) in [5, 5.41) is 0. The molecule has 2 aromatic rings. The molecular weight excluding hydrogens is 197 g/mol. The number of halogens is 1. The molecule has 2 heterocycles. The highest BCUT2D eigenvalue weighted by Crippen LogP contribution is 2.08. The summed E-state index contributed by atoms with van der Waals surface area (Å²) in [5.74, 6) is -0.391. The van der Waals surface area contributed by atoms with Crippen LogP contribution in [-0.2, 0) is 6.61 Å². The van der Waals surface area contributed by atoms with Gasteiger partial charge in [-0.25, -0.2) is 9.97 Å². The Kier molecular flexibility index (Phi) is 2.82. The highest BCUT2D eigenvalue weighted by atomic mass is 19.1. The van der Waals surface area contributed by atoms with Gasteiger partial charge in [0.25, 0.3) is 0 Å². The molecule has 4 nitrogen and oxygen atoms in total. The fourth-order valence-corrected chi connectivity index (χ4v) is 1.04. The Morgan fingerprint density at radius 1 is 1.33 bits per heavy atom. The van der Waals surface area contributed by atoms with E-state index in [-0.39, 0.29) is 5.88 Å². The Labute approximate surface area is 85.8 Å². The van der Waals surface area contributed by atoms with Crippen molar-refractivity contribution in [3.05, 3.63) is 48.4 Å². The maximum absolute atomic E-state index is 12.6. The molecule has 0 amide bonds. The molecular formula is C10H8FN3O. The van der Waals surface area contributed by atoms with Crippen molar-refractivity contribution in [2.45, 2.75) is 6.61 Å². The van der Waals surface area contributed by atoms with Crippen molar-refractivity contribution in [3.8, 4) is 5.88 Å². The Bertz CT molecular complexity index is 436. The van der Waals surface area contributed by atoms with Crippen molar-refractivity contribution in [2.24, 2.45) is 0 Å². The topological polar surface area (TPSA) is 47.9 Å². The maximum atomic E-state index is 12.6. The van der Waals surface area contributed by atoms with E-state index < -0.39 is 5.95 Å². The van der Waals surface area contributed by atoms with Gasteiger partial charge in [0.15, 0.2) is 0 Å². The van der Waals surface area contributed by atoms with Crippen molar-refractivity contribution in [3.63, 3.8) is 0 Å². The van der Waals surface area contributed by atoms with Crippen LogP contribution in [0, 0.1) is 5.95 Å². The SMILES string of the molecule is Fc1cc(OCc2cccnc2)ncn1. The van der Waals surface area contributed by atoms with Gasteiger partial charge in [-0.1, -0.05) is 6.07 Å². The third-order valence-corrected chi connectivity index (χ3v) is 1.72. The Morgan fingerprint density at radius 2 is 2.27 bits per heavy atom. The second kappa shape index (κ2) is 4.45. The fourth-order valence-electron chi connectivity index (χ4n) is 1.04. The largest absolute Gasteiger partial charge is 0.473 e. The van der Waals surface area contributed by atoms with E-state index in [0.717, 1.165) is 18.0 Å². The van der Waals surface area contributed by atoms with Crippen LogP contribution < -0.4 is 4.74 Å². The lowest BCUT2D eigenvalue weighted by Crippen LogP contribution is -1.98. The molecule has 2 rings (SSSR count). The van der Waals surface area contributed by atoms with E-state index in [4.69, 9.17) is 4.74 Å². The number of hydrogen-bond donors (Lipinski definition) is 0. The molecule has 0 saturated heterocycles. The lowest BCUT2D eigenvalue weighted by Gasteiger charge is -2.03. The number of rotatable bonds is 3. The van der Waals surface area contributed by atoms with Gasteiger partial charge in [0.05, 0.1) is 6.07 Å². The molecule has 0 aliphatic heterocycles. The molecule has 0 N–H and O–H groups in total.